The molecule has 2 rings (SSSR count). The van der Waals surface area contributed by atoms with Crippen molar-refractivity contribution in [1.29, 1.82) is 0 Å². The van der Waals surface area contributed by atoms with Crippen molar-refractivity contribution in [3.05, 3.63) is 48.3 Å². The summed E-state index contributed by atoms with van der Waals surface area (Å²) in [5.74, 6) is -0.926. The lowest BCUT2D eigenvalue weighted by molar-refractivity contribution is -0.131. The molecule has 1 fully saturated rings. The molecule has 0 aromatic heterocycles. The molecule has 1 saturated heterocycles. The molecule has 0 saturated carbocycles. The third kappa shape index (κ3) is 4.33. The molecule has 5 nitrogen and oxygen atoms in total. The van der Waals surface area contributed by atoms with Crippen molar-refractivity contribution in [1.82, 2.24) is 15.5 Å². The summed E-state index contributed by atoms with van der Waals surface area (Å²) in [4.78, 5) is 26.5. The van der Waals surface area contributed by atoms with Gasteiger partial charge >= 0.3 is 0 Å². The highest BCUT2D eigenvalue weighted by Gasteiger charge is 2.39. The maximum absolute atomic E-state index is 14.2. The van der Waals surface area contributed by atoms with E-state index in [0.717, 1.165) is 6.42 Å². The van der Waals surface area contributed by atoms with E-state index in [4.69, 9.17) is 0 Å². The standard InChI is InChI=1S/C17H22FN3O2.ClH/c1-3-10-20-16(22)14-9-6-11-21(14)15(17(23)19-2)12-7-4-5-8-13(12)18;/h3-5,7-8,14-15H,1,6,9-11H2,2H3,(H,19,23)(H,20,22);1H/t14-,15+;/m0./s1. The highest BCUT2D eigenvalue weighted by molar-refractivity contribution is 5.86. The topological polar surface area (TPSA) is 61.4 Å². The van der Waals surface area contributed by atoms with Crippen molar-refractivity contribution < 1.29 is 14.0 Å². The minimum Gasteiger partial charge on any atom is -0.358 e. The summed E-state index contributed by atoms with van der Waals surface area (Å²) in [5, 5.41) is 5.33. The zero-order valence-electron chi connectivity index (χ0n) is 13.6. The van der Waals surface area contributed by atoms with Crippen LogP contribution in [0.15, 0.2) is 36.9 Å². The number of benzene rings is 1. The highest BCUT2D eigenvalue weighted by Crippen LogP contribution is 2.31. The van der Waals surface area contributed by atoms with Crippen molar-refractivity contribution in [2.24, 2.45) is 0 Å². The fourth-order valence-corrected chi connectivity index (χ4v) is 2.97. The number of halogens is 2. The molecule has 0 unspecified atom stereocenters. The second kappa shape index (κ2) is 9.39. The van der Waals surface area contributed by atoms with Crippen molar-refractivity contribution in [2.75, 3.05) is 20.1 Å². The largest absolute Gasteiger partial charge is 0.358 e. The lowest BCUT2D eigenvalue weighted by atomic mass is 10.0. The summed E-state index contributed by atoms with van der Waals surface area (Å²) in [6.45, 7) is 4.51. The number of nitrogens with zero attached hydrogens (tertiary/aromatic N) is 1. The maximum Gasteiger partial charge on any atom is 0.241 e. The first-order valence-corrected chi connectivity index (χ1v) is 7.70. The van der Waals surface area contributed by atoms with Crippen molar-refractivity contribution in [2.45, 2.75) is 24.9 Å². The van der Waals surface area contributed by atoms with Gasteiger partial charge in [-0.2, -0.15) is 0 Å². The van der Waals surface area contributed by atoms with E-state index in [0.29, 0.717) is 19.5 Å². The molecule has 0 aliphatic carbocycles. The normalized spacial score (nSPS) is 18.3. The van der Waals surface area contributed by atoms with Gasteiger partial charge in [-0.25, -0.2) is 4.39 Å². The van der Waals surface area contributed by atoms with Gasteiger partial charge in [0.25, 0.3) is 0 Å². The van der Waals surface area contributed by atoms with Crippen LogP contribution in [0.4, 0.5) is 4.39 Å². The Morgan fingerprint density at radius 3 is 2.79 bits per heavy atom. The average Bonchev–Trinajstić information content (AvgIpc) is 3.03. The number of nitrogens with one attached hydrogen (secondary N) is 2. The fraction of sp³-hybridized carbons (Fsp3) is 0.412. The van der Waals surface area contributed by atoms with Gasteiger partial charge in [0.1, 0.15) is 11.9 Å². The minimum absolute atomic E-state index is 0. The van der Waals surface area contributed by atoms with Gasteiger partial charge in [-0.05, 0) is 18.9 Å². The van der Waals surface area contributed by atoms with E-state index in [2.05, 4.69) is 17.2 Å². The predicted molar refractivity (Wildman–Crippen MR) is 93.4 cm³/mol. The Kier molecular flexibility index (Phi) is 7.88. The molecule has 7 heteroatoms. The number of carbonyl (C=O) groups excluding carboxylic acids is 2. The third-order valence-electron chi connectivity index (χ3n) is 4.04. The van der Waals surface area contributed by atoms with Crippen LogP contribution in [0.1, 0.15) is 24.4 Å². The van der Waals surface area contributed by atoms with Crippen LogP contribution in [0.25, 0.3) is 0 Å². The molecule has 1 aromatic carbocycles. The van der Waals surface area contributed by atoms with Crippen molar-refractivity contribution in [3.8, 4) is 0 Å². The van der Waals surface area contributed by atoms with Gasteiger partial charge in [-0.1, -0.05) is 24.3 Å². The molecule has 1 aromatic rings. The van der Waals surface area contributed by atoms with Crippen LogP contribution in [0, 0.1) is 5.82 Å². The summed E-state index contributed by atoms with van der Waals surface area (Å²) < 4.78 is 14.2. The molecular weight excluding hydrogens is 333 g/mol. The van der Waals surface area contributed by atoms with Crippen molar-refractivity contribution >= 4 is 24.2 Å². The van der Waals surface area contributed by atoms with E-state index in [1.807, 2.05) is 0 Å². The first-order valence-electron chi connectivity index (χ1n) is 7.70. The minimum atomic E-state index is -0.816. The van der Waals surface area contributed by atoms with E-state index in [-0.39, 0.29) is 29.8 Å². The third-order valence-corrected chi connectivity index (χ3v) is 4.04. The highest BCUT2D eigenvalue weighted by atomic mass is 35.5. The monoisotopic (exact) mass is 355 g/mol. The van der Waals surface area contributed by atoms with Gasteiger partial charge in [0.05, 0.1) is 6.04 Å². The van der Waals surface area contributed by atoms with E-state index in [9.17, 15) is 14.0 Å². The molecule has 1 aliphatic rings. The lowest BCUT2D eigenvalue weighted by Crippen LogP contribution is -2.48. The Bertz CT molecular complexity index is 597. The smallest absolute Gasteiger partial charge is 0.241 e. The van der Waals surface area contributed by atoms with Crippen LogP contribution in [-0.4, -0.2) is 42.9 Å². The molecule has 132 valence electrons. The van der Waals surface area contributed by atoms with Crippen LogP contribution in [-0.2, 0) is 9.59 Å². The Morgan fingerprint density at radius 1 is 1.46 bits per heavy atom. The zero-order chi connectivity index (χ0) is 16.8. The number of likely N-dealkylation sites (tertiary alicyclic amines) is 1. The summed E-state index contributed by atoms with van der Waals surface area (Å²) in [5.41, 5.74) is 0.287. The van der Waals surface area contributed by atoms with Crippen LogP contribution in [0.3, 0.4) is 0 Å². The van der Waals surface area contributed by atoms with E-state index < -0.39 is 17.9 Å². The van der Waals surface area contributed by atoms with E-state index in [1.165, 1.54) is 13.1 Å². The maximum atomic E-state index is 14.2. The van der Waals surface area contributed by atoms with Gasteiger partial charge < -0.3 is 10.6 Å². The second-order valence-electron chi connectivity index (χ2n) is 5.47. The van der Waals surface area contributed by atoms with Gasteiger partial charge in [-0.15, -0.1) is 19.0 Å². The van der Waals surface area contributed by atoms with E-state index in [1.54, 1.807) is 29.2 Å². The van der Waals surface area contributed by atoms with Gasteiger partial charge in [0.2, 0.25) is 11.8 Å². The molecule has 0 bridgehead atoms. The predicted octanol–water partition coefficient (Wildman–Crippen LogP) is 1.80. The van der Waals surface area contributed by atoms with Gasteiger partial charge in [0.15, 0.2) is 0 Å². The molecule has 1 heterocycles. The molecule has 0 spiro atoms. The molecule has 2 atom stereocenters. The molecule has 24 heavy (non-hydrogen) atoms. The molecule has 1 aliphatic heterocycles. The fourth-order valence-electron chi connectivity index (χ4n) is 2.97. The molecule has 2 amide bonds. The van der Waals surface area contributed by atoms with Crippen LogP contribution < -0.4 is 10.6 Å². The zero-order valence-corrected chi connectivity index (χ0v) is 14.4. The number of carbonyl (C=O) groups is 2. The summed E-state index contributed by atoms with van der Waals surface area (Å²) in [6, 6.07) is 4.93. The number of amides is 2. The van der Waals surface area contributed by atoms with Gasteiger partial charge in [-0.3, -0.25) is 14.5 Å². The first kappa shape index (κ1) is 20.1. The molecular formula is C17H23ClFN3O2. The van der Waals surface area contributed by atoms with Crippen LogP contribution in [0.5, 0.6) is 0 Å². The van der Waals surface area contributed by atoms with Crippen molar-refractivity contribution in [3.63, 3.8) is 0 Å². The number of hydrogen-bond donors (Lipinski definition) is 2. The summed E-state index contributed by atoms with van der Waals surface area (Å²) >= 11 is 0. The Labute approximate surface area is 147 Å². The second-order valence-corrected chi connectivity index (χ2v) is 5.47. The average molecular weight is 356 g/mol. The van der Waals surface area contributed by atoms with Crippen LogP contribution >= 0.6 is 12.4 Å². The number of likely N-dealkylation sites (N-methyl/N-ethyl adjacent to an activating group) is 1. The summed E-state index contributed by atoms with van der Waals surface area (Å²) in [6.07, 6.45) is 3.03. The lowest BCUT2D eigenvalue weighted by Gasteiger charge is -2.31. The Balaban J connectivity index is 0.00000288. The molecule has 2 N–H and O–H groups in total. The SMILES string of the molecule is C=CCNC(=O)[C@@H]1CCCN1[C@@H](C(=O)NC)c1ccccc1F.Cl. The first-order chi connectivity index (χ1) is 11.1. The van der Waals surface area contributed by atoms with Crippen LogP contribution in [0.2, 0.25) is 0 Å². The van der Waals surface area contributed by atoms with Gasteiger partial charge in [0, 0.05) is 25.7 Å². The molecule has 0 radical (unpaired) electrons. The number of rotatable bonds is 6. The quantitative estimate of drug-likeness (QED) is 0.765. The number of hydrogen-bond acceptors (Lipinski definition) is 3. The summed E-state index contributed by atoms with van der Waals surface area (Å²) in [7, 11) is 1.51. The Morgan fingerprint density at radius 2 is 2.17 bits per heavy atom. The van der Waals surface area contributed by atoms with E-state index >= 15 is 0 Å². The Hall–Kier alpha value is -1.92.